The fraction of sp³-hybridized carbons (Fsp3) is 0.286. The Hall–Kier alpha value is -2.77. The molecule has 0 spiro atoms. The Morgan fingerprint density at radius 1 is 0.967 bits per heavy atom. The van der Waals surface area contributed by atoms with Crippen LogP contribution in [0.5, 0.6) is 5.75 Å². The van der Waals surface area contributed by atoms with Crippen molar-refractivity contribution in [1.29, 1.82) is 0 Å². The molecule has 3 amide bonds. The number of benzene rings is 2. The number of carbonyl (C=O) groups is 3. The number of hydrogen-bond acceptors (Lipinski definition) is 4. The van der Waals surface area contributed by atoms with E-state index >= 15 is 0 Å². The van der Waals surface area contributed by atoms with E-state index in [1.54, 1.807) is 19.1 Å². The van der Waals surface area contributed by atoms with E-state index in [0.29, 0.717) is 21.5 Å². The lowest BCUT2D eigenvalue weighted by molar-refractivity contribution is -0.133. The number of ether oxygens (including phenoxy) is 1. The lowest BCUT2D eigenvalue weighted by Crippen LogP contribution is -2.47. The van der Waals surface area contributed by atoms with E-state index in [1.165, 1.54) is 6.07 Å². The minimum Gasteiger partial charge on any atom is -0.480 e. The number of anilines is 1. The molecular weight excluding hydrogens is 429 g/mol. The number of carbonyl (C=O) groups excluding carboxylic acids is 3. The van der Waals surface area contributed by atoms with E-state index in [9.17, 15) is 14.4 Å². The maximum atomic E-state index is 12.2. The highest BCUT2D eigenvalue weighted by molar-refractivity contribution is 6.36. The highest BCUT2D eigenvalue weighted by atomic mass is 35.5. The smallest absolute Gasteiger partial charge is 0.279 e. The van der Waals surface area contributed by atoms with Crippen molar-refractivity contribution in [2.75, 3.05) is 5.32 Å². The second-order valence-electron chi connectivity index (χ2n) is 6.69. The quantitative estimate of drug-likeness (QED) is 0.555. The van der Waals surface area contributed by atoms with Gasteiger partial charge in [0.25, 0.3) is 5.91 Å². The predicted octanol–water partition coefficient (Wildman–Crippen LogP) is 3.94. The molecule has 1 atom stereocenters. The topological polar surface area (TPSA) is 96.5 Å². The van der Waals surface area contributed by atoms with Crippen molar-refractivity contribution in [2.45, 2.75) is 39.7 Å². The van der Waals surface area contributed by atoms with Crippen LogP contribution in [0.15, 0.2) is 36.4 Å². The summed E-state index contributed by atoms with van der Waals surface area (Å²) in [5.41, 5.74) is 6.79. The van der Waals surface area contributed by atoms with Crippen LogP contribution in [0.3, 0.4) is 0 Å². The summed E-state index contributed by atoms with van der Waals surface area (Å²) in [6.45, 7) is 5.35. The van der Waals surface area contributed by atoms with Gasteiger partial charge in [0.2, 0.25) is 11.8 Å². The van der Waals surface area contributed by atoms with Crippen LogP contribution >= 0.6 is 23.2 Å². The summed E-state index contributed by atoms with van der Waals surface area (Å²) in [5.74, 6) is -0.792. The Morgan fingerprint density at radius 3 is 2.23 bits per heavy atom. The molecule has 0 fully saturated rings. The average Bonchev–Trinajstić information content (AvgIpc) is 2.69. The second-order valence-corrected chi connectivity index (χ2v) is 7.53. The van der Waals surface area contributed by atoms with Crippen molar-refractivity contribution in [3.8, 4) is 5.75 Å². The Morgan fingerprint density at radius 2 is 1.60 bits per heavy atom. The molecule has 2 aromatic rings. The largest absolute Gasteiger partial charge is 0.480 e. The molecule has 0 aliphatic heterocycles. The monoisotopic (exact) mass is 451 g/mol. The summed E-state index contributed by atoms with van der Waals surface area (Å²) < 4.78 is 5.70. The molecule has 30 heavy (non-hydrogen) atoms. The molecule has 0 radical (unpaired) electrons. The molecule has 0 heterocycles. The Balaban J connectivity index is 1.75. The minimum atomic E-state index is -0.819. The first-order chi connectivity index (χ1) is 14.2. The van der Waals surface area contributed by atoms with Gasteiger partial charge in [0.1, 0.15) is 5.75 Å². The molecule has 0 saturated heterocycles. The van der Waals surface area contributed by atoms with Gasteiger partial charge in [-0.2, -0.15) is 0 Å². The van der Waals surface area contributed by atoms with Crippen LogP contribution in [0.2, 0.25) is 10.0 Å². The molecule has 2 aromatic carbocycles. The number of halogens is 2. The Kier molecular flexibility index (Phi) is 8.50. The van der Waals surface area contributed by atoms with Crippen LogP contribution < -0.4 is 20.9 Å². The molecule has 2 rings (SSSR count). The maximum absolute atomic E-state index is 12.2. The van der Waals surface area contributed by atoms with Crippen LogP contribution in [0.1, 0.15) is 30.9 Å². The minimum absolute atomic E-state index is 0.0882. The van der Waals surface area contributed by atoms with Gasteiger partial charge in [0.05, 0.1) is 10.7 Å². The van der Waals surface area contributed by atoms with Crippen molar-refractivity contribution >= 4 is 46.6 Å². The summed E-state index contributed by atoms with van der Waals surface area (Å²) in [4.78, 5) is 36.1. The highest BCUT2D eigenvalue weighted by Crippen LogP contribution is 2.25. The van der Waals surface area contributed by atoms with Gasteiger partial charge in [-0.05, 0) is 50.1 Å². The number of rotatable bonds is 7. The first kappa shape index (κ1) is 23.5. The van der Waals surface area contributed by atoms with Crippen molar-refractivity contribution in [2.24, 2.45) is 0 Å². The summed E-state index contributed by atoms with van der Waals surface area (Å²) in [7, 11) is 0. The van der Waals surface area contributed by atoms with E-state index in [4.69, 9.17) is 27.9 Å². The molecule has 0 bridgehead atoms. The zero-order chi connectivity index (χ0) is 22.3. The van der Waals surface area contributed by atoms with Gasteiger partial charge in [-0.15, -0.1) is 0 Å². The van der Waals surface area contributed by atoms with Gasteiger partial charge in [0, 0.05) is 17.9 Å². The number of aryl methyl sites for hydroxylation is 2. The van der Waals surface area contributed by atoms with E-state index in [-0.39, 0.29) is 12.8 Å². The van der Waals surface area contributed by atoms with Crippen LogP contribution in [-0.2, 0) is 14.4 Å². The van der Waals surface area contributed by atoms with Gasteiger partial charge in [-0.3, -0.25) is 25.2 Å². The van der Waals surface area contributed by atoms with Crippen LogP contribution in [-0.4, -0.2) is 23.8 Å². The third-order valence-corrected chi connectivity index (χ3v) is 4.73. The van der Waals surface area contributed by atoms with Crippen LogP contribution in [0, 0.1) is 13.8 Å². The van der Waals surface area contributed by atoms with Gasteiger partial charge >= 0.3 is 0 Å². The molecule has 0 aliphatic carbocycles. The summed E-state index contributed by atoms with van der Waals surface area (Å²) >= 11 is 11.8. The molecule has 3 N–H and O–H groups in total. The SMILES string of the molecule is Cc1cccc(C)c1OC(C)C(=O)NNC(=O)CCC(=O)Nc1ccc(Cl)cc1Cl. The molecule has 0 saturated carbocycles. The van der Waals surface area contributed by atoms with E-state index in [2.05, 4.69) is 16.2 Å². The van der Waals surface area contributed by atoms with Gasteiger partial charge in [-0.1, -0.05) is 41.4 Å². The molecule has 7 nitrogen and oxygen atoms in total. The Labute approximate surface area is 185 Å². The van der Waals surface area contributed by atoms with E-state index in [0.717, 1.165) is 11.1 Å². The second kappa shape index (κ2) is 10.8. The number of para-hydroxylation sites is 1. The molecule has 0 aromatic heterocycles. The maximum Gasteiger partial charge on any atom is 0.279 e. The highest BCUT2D eigenvalue weighted by Gasteiger charge is 2.18. The van der Waals surface area contributed by atoms with Crippen LogP contribution in [0.4, 0.5) is 5.69 Å². The fourth-order valence-corrected chi connectivity index (χ4v) is 3.00. The average molecular weight is 452 g/mol. The van der Waals surface area contributed by atoms with Gasteiger partial charge in [0.15, 0.2) is 6.10 Å². The predicted molar refractivity (Wildman–Crippen MR) is 117 cm³/mol. The Bertz CT molecular complexity index is 930. The molecule has 1 unspecified atom stereocenters. The lowest BCUT2D eigenvalue weighted by atomic mass is 10.1. The normalized spacial score (nSPS) is 11.4. The number of hydrogen-bond donors (Lipinski definition) is 3. The van der Waals surface area contributed by atoms with Crippen molar-refractivity contribution in [1.82, 2.24) is 10.9 Å². The van der Waals surface area contributed by atoms with Crippen molar-refractivity contribution in [3.05, 3.63) is 57.6 Å². The van der Waals surface area contributed by atoms with E-state index in [1.807, 2.05) is 32.0 Å². The zero-order valence-corrected chi connectivity index (χ0v) is 18.4. The van der Waals surface area contributed by atoms with Crippen molar-refractivity contribution < 1.29 is 19.1 Å². The van der Waals surface area contributed by atoms with E-state index < -0.39 is 23.8 Å². The lowest BCUT2D eigenvalue weighted by Gasteiger charge is -2.18. The molecular formula is C21H23Cl2N3O4. The summed E-state index contributed by atoms with van der Waals surface area (Å²) in [6, 6.07) is 10.3. The first-order valence-electron chi connectivity index (χ1n) is 9.24. The zero-order valence-electron chi connectivity index (χ0n) is 16.8. The van der Waals surface area contributed by atoms with Crippen molar-refractivity contribution in [3.63, 3.8) is 0 Å². The fourth-order valence-electron chi connectivity index (χ4n) is 2.54. The van der Waals surface area contributed by atoms with Gasteiger partial charge in [-0.25, -0.2) is 0 Å². The third-order valence-electron chi connectivity index (χ3n) is 4.18. The summed E-state index contributed by atoms with van der Waals surface area (Å²) in [5, 5.41) is 3.34. The molecule has 0 aliphatic rings. The molecule has 160 valence electrons. The number of nitrogens with one attached hydrogen (secondary N) is 3. The number of hydrazine groups is 1. The van der Waals surface area contributed by atoms with Gasteiger partial charge < -0.3 is 10.1 Å². The molecule has 9 heteroatoms. The standard InChI is InChI=1S/C21H23Cl2N3O4/c1-12-5-4-6-13(2)20(12)30-14(3)21(29)26-25-19(28)10-9-18(27)24-17-8-7-15(22)11-16(17)23/h4-8,11,14H,9-10H2,1-3H3,(H,24,27)(H,25,28)(H,26,29). The summed E-state index contributed by atoms with van der Waals surface area (Å²) in [6.07, 6.45) is -1.03. The van der Waals surface area contributed by atoms with Crippen LogP contribution in [0.25, 0.3) is 0 Å². The number of amides is 3. The first-order valence-corrected chi connectivity index (χ1v) is 9.99. The third kappa shape index (κ3) is 6.93.